The maximum absolute atomic E-state index is 12.7. The Labute approximate surface area is 202 Å². The van der Waals surface area contributed by atoms with Gasteiger partial charge in [-0.2, -0.15) is 10.2 Å². The molecule has 0 N–H and O–H groups in total. The van der Waals surface area contributed by atoms with Crippen molar-refractivity contribution in [1.29, 1.82) is 0 Å². The second kappa shape index (κ2) is 8.87. The molecule has 0 unspecified atom stereocenters. The predicted molar refractivity (Wildman–Crippen MR) is 136 cm³/mol. The summed E-state index contributed by atoms with van der Waals surface area (Å²) in [6.07, 6.45) is 0.758. The van der Waals surface area contributed by atoms with Crippen molar-refractivity contribution in [2.75, 3.05) is 24.2 Å². The molecule has 3 aromatic carbocycles. The average Bonchev–Trinajstić information content (AvgIpc) is 3.30. The van der Waals surface area contributed by atoms with Crippen molar-refractivity contribution in [2.45, 2.75) is 18.3 Å². The minimum Gasteiger partial charge on any atom is -0.497 e. The van der Waals surface area contributed by atoms with Crippen LogP contribution in [0.4, 0.5) is 11.4 Å². The molecule has 0 bridgehead atoms. The summed E-state index contributed by atoms with van der Waals surface area (Å²) in [5, 5.41) is 14.0. The highest BCUT2D eigenvalue weighted by molar-refractivity contribution is 8.16. The normalized spacial score (nSPS) is 18.9. The number of carbonyl (C=O) groups excluding carboxylic acids is 1. The first-order chi connectivity index (χ1) is 16.6. The van der Waals surface area contributed by atoms with Crippen LogP contribution < -0.4 is 14.8 Å². The van der Waals surface area contributed by atoms with Crippen molar-refractivity contribution in [2.24, 2.45) is 10.2 Å². The Bertz CT molecular complexity index is 1280. The van der Waals surface area contributed by atoms with E-state index in [2.05, 4.69) is 19.1 Å². The van der Waals surface area contributed by atoms with E-state index < -0.39 is 11.0 Å². The van der Waals surface area contributed by atoms with Crippen LogP contribution >= 0.6 is 11.8 Å². The van der Waals surface area contributed by atoms with E-state index in [-0.39, 0.29) is 5.04 Å². The minimum absolute atomic E-state index is 0.254. The Hall–Kier alpha value is -3.78. The van der Waals surface area contributed by atoms with Crippen LogP contribution in [0.5, 0.6) is 5.75 Å². The van der Waals surface area contributed by atoms with Crippen molar-refractivity contribution >= 4 is 39.9 Å². The molecule has 7 nitrogen and oxygen atoms in total. The number of thioether (sulfide) groups is 1. The zero-order chi connectivity index (χ0) is 23.7. The predicted octanol–water partition coefficient (Wildman–Crippen LogP) is 5.18. The fraction of sp³-hybridized carbons (Fsp3) is 0.192. The van der Waals surface area contributed by atoms with Crippen LogP contribution in [-0.4, -0.2) is 30.9 Å². The number of nitrogens with zero attached hydrogens (tertiary/aromatic N) is 4. The van der Waals surface area contributed by atoms with Crippen LogP contribution in [-0.2, 0) is 14.5 Å². The van der Waals surface area contributed by atoms with Gasteiger partial charge in [0.2, 0.25) is 10.0 Å². The topological polar surface area (TPSA) is 66.7 Å². The van der Waals surface area contributed by atoms with Crippen LogP contribution in [0.25, 0.3) is 0 Å². The van der Waals surface area contributed by atoms with E-state index in [1.165, 1.54) is 18.9 Å². The smallest absolute Gasteiger partial charge is 0.365 e. The number of esters is 1. The van der Waals surface area contributed by atoms with E-state index in [1.807, 2.05) is 76.7 Å². The molecule has 0 saturated carbocycles. The minimum atomic E-state index is -0.977. The third-order valence-electron chi connectivity index (χ3n) is 5.83. The molecule has 172 valence electrons. The van der Waals surface area contributed by atoms with Crippen LogP contribution in [0.1, 0.15) is 24.5 Å². The molecule has 0 radical (unpaired) electrons. The Kier molecular flexibility index (Phi) is 5.75. The summed E-state index contributed by atoms with van der Waals surface area (Å²) in [7, 11) is 3.00. The van der Waals surface area contributed by atoms with Gasteiger partial charge in [0.15, 0.2) is 0 Å². The van der Waals surface area contributed by atoms with E-state index in [0.717, 1.165) is 40.4 Å². The molecule has 1 atom stereocenters. The molecule has 2 aliphatic heterocycles. The highest BCUT2D eigenvalue weighted by Crippen LogP contribution is 2.54. The molecule has 5 rings (SSSR count). The van der Waals surface area contributed by atoms with E-state index >= 15 is 0 Å². The first-order valence-corrected chi connectivity index (χ1v) is 11.8. The summed E-state index contributed by atoms with van der Waals surface area (Å²) in [4.78, 5) is 11.7. The second-order valence-electron chi connectivity index (χ2n) is 7.71. The van der Waals surface area contributed by atoms with Gasteiger partial charge in [-0.1, -0.05) is 49.4 Å². The molecular formula is C26H24N4O3S. The summed E-state index contributed by atoms with van der Waals surface area (Å²) in [5.41, 5.74) is 4.67. The van der Waals surface area contributed by atoms with Crippen LogP contribution in [0.15, 0.2) is 89.1 Å². The average molecular weight is 473 g/mol. The first kappa shape index (κ1) is 22.0. The largest absolute Gasteiger partial charge is 0.497 e. The lowest BCUT2D eigenvalue weighted by atomic mass is 9.96. The van der Waals surface area contributed by atoms with E-state index in [4.69, 9.17) is 19.7 Å². The number of methoxy groups -OCH3 is 2. The number of ether oxygens (including phenoxy) is 2. The first-order valence-electron chi connectivity index (χ1n) is 10.9. The standard InChI is InChI=1S/C26H24N4O3S/c1-4-23-21-12-8-9-13-22(21)26(29(27-23)18-10-6-5-7-11-18)30(28-24(34-26)25(31)33-3)19-14-16-20(32-2)17-15-19/h5-17H,4H2,1-3H3/t26-/m1/s1. The van der Waals surface area contributed by atoms with Gasteiger partial charge in [-0.25, -0.2) is 14.8 Å². The number of carbonyl (C=O) groups is 1. The fourth-order valence-electron chi connectivity index (χ4n) is 4.22. The molecule has 0 aliphatic carbocycles. The van der Waals surface area contributed by atoms with Gasteiger partial charge < -0.3 is 9.47 Å². The summed E-state index contributed by atoms with van der Waals surface area (Å²) < 4.78 is 10.4. The fourth-order valence-corrected chi connectivity index (χ4v) is 5.54. The van der Waals surface area contributed by atoms with Crippen molar-refractivity contribution in [3.05, 3.63) is 90.0 Å². The van der Waals surface area contributed by atoms with Crippen molar-refractivity contribution in [3.63, 3.8) is 0 Å². The summed E-state index contributed by atoms with van der Waals surface area (Å²) in [6.45, 7) is 2.09. The van der Waals surface area contributed by atoms with Gasteiger partial charge in [-0.3, -0.25) is 0 Å². The quantitative estimate of drug-likeness (QED) is 0.477. The Balaban J connectivity index is 1.79. The van der Waals surface area contributed by atoms with E-state index in [0.29, 0.717) is 0 Å². The molecule has 0 amide bonds. The summed E-state index contributed by atoms with van der Waals surface area (Å²) >= 11 is 1.33. The molecule has 8 heteroatoms. The number of para-hydroxylation sites is 1. The van der Waals surface area contributed by atoms with Gasteiger partial charge in [0.25, 0.3) is 0 Å². The molecule has 0 aromatic heterocycles. The van der Waals surface area contributed by atoms with Gasteiger partial charge in [0.05, 0.1) is 31.3 Å². The molecule has 2 heterocycles. The Morgan fingerprint density at radius 1 is 0.882 bits per heavy atom. The van der Waals surface area contributed by atoms with Gasteiger partial charge in [0.1, 0.15) is 5.75 Å². The van der Waals surface area contributed by atoms with Gasteiger partial charge in [-0.05, 0) is 54.6 Å². The number of hydrogen-bond donors (Lipinski definition) is 0. The highest BCUT2D eigenvalue weighted by atomic mass is 32.2. The zero-order valence-electron chi connectivity index (χ0n) is 19.1. The van der Waals surface area contributed by atoms with Gasteiger partial charge >= 0.3 is 5.97 Å². The number of fused-ring (bicyclic) bond motifs is 2. The molecule has 3 aromatic rings. The second-order valence-corrected chi connectivity index (χ2v) is 8.87. The van der Waals surface area contributed by atoms with Crippen LogP contribution in [0.2, 0.25) is 0 Å². The molecule has 1 spiro atoms. The lowest BCUT2D eigenvalue weighted by Crippen LogP contribution is -2.53. The third kappa shape index (κ3) is 3.42. The van der Waals surface area contributed by atoms with Crippen LogP contribution in [0, 0.1) is 0 Å². The molecule has 34 heavy (non-hydrogen) atoms. The molecule has 2 aliphatic rings. The number of anilines is 2. The molecular weight excluding hydrogens is 448 g/mol. The monoisotopic (exact) mass is 472 g/mol. The van der Waals surface area contributed by atoms with E-state index in [1.54, 1.807) is 7.11 Å². The Morgan fingerprint density at radius 3 is 2.21 bits per heavy atom. The number of rotatable bonds is 5. The van der Waals surface area contributed by atoms with Crippen molar-refractivity contribution in [3.8, 4) is 5.75 Å². The highest BCUT2D eigenvalue weighted by Gasteiger charge is 2.56. The third-order valence-corrected chi connectivity index (χ3v) is 7.12. The summed E-state index contributed by atoms with van der Waals surface area (Å²) in [5.74, 6) is 0.244. The van der Waals surface area contributed by atoms with Crippen LogP contribution in [0.3, 0.4) is 0 Å². The molecule has 0 saturated heterocycles. The number of benzene rings is 3. The van der Waals surface area contributed by atoms with Crippen molar-refractivity contribution in [1.82, 2.24) is 0 Å². The maximum Gasteiger partial charge on any atom is 0.365 e. The maximum atomic E-state index is 12.7. The summed E-state index contributed by atoms with van der Waals surface area (Å²) in [6, 6.07) is 25.7. The van der Waals surface area contributed by atoms with Crippen molar-refractivity contribution < 1.29 is 14.3 Å². The molecule has 0 fully saturated rings. The lowest BCUT2D eigenvalue weighted by Gasteiger charge is -2.47. The zero-order valence-corrected chi connectivity index (χ0v) is 20.0. The van der Waals surface area contributed by atoms with Gasteiger partial charge in [0, 0.05) is 11.1 Å². The SMILES string of the molecule is CCC1=NN(c2ccccc2)[C@]2(SC(C(=O)OC)=NN2c2ccc(OC)cc2)c2ccccc21. The lowest BCUT2D eigenvalue weighted by molar-refractivity contribution is -0.132. The Morgan fingerprint density at radius 2 is 1.53 bits per heavy atom. The van der Waals surface area contributed by atoms with Gasteiger partial charge in [-0.15, -0.1) is 0 Å². The van der Waals surface area contributed by atoms with E-state index in [9.17, 15) is 4.79 Å². The number of hydrogen-bond acceptors (Lipinski definition) is 8. The number of hydrazone groups is 2.